The molecule has 2 aromatic rings. The minimum atomic E-state index is -0.0703. The highest BCUT2D eigenvalue weighted by molar-refractivity contribution is 7.13. The average Bonchev–Trinajstić information content (AvgIpc) is 3.19. The Morgan fingerprint density at radius 1 is 1.48 bits per heavy atom. The maximum absolute atomic E-state index is 11.9. The first-order valence-corrected chi connectivity index (χ1v) is 7.86. The molecule has 1 fully saturated rings. The van der Waals surface area contributed by atoms with E-state index in [0.717, 1.165) is 31.1 Å². The first kappa shape index (κ1) is 13.9. The first-order valence-electron chi connectivity index (χ1n) is 6.98. The van der Waals surface area contributed by atoms with Gasteiger partial charge in [-0.25, -0.2) is 4.98 Å². The Kier molecular flexibility index (Phi) is 4.35. The normalized spacial score (nSPS) is 16.5. The molecule has 3 rings (SSSR count). The number of aromatic nitrogens is 1. The third-order valence-electron chi connectivity index (χ3n) is 3.47. The van der Waals surface area contributed by atoms with Crippen LogP contribution in [0.25, 0.3) is 6.08 Å². The van der Waals surface area contributed by atoms with Crippen LogP contribution in [0.5, 0.6) is 0 Å². The molecule has 110 valence electrons. The maximum atomic E-state index is 11.9. The van der Waals surface area contributed by atoms with Crippen LogP contribution in [0, 0.1) is 0 Å². The topological polar surface area (TPSA) is 58.4 Å². The van der Waals surface area contributed by atoms with Gasteiger partial charge in [0.1, 0.15) is 5.76 Å². The van der Waals surface area contributed by atoms with Crippen LogP contribution in [-0.4, -0.2) is 30.0 Å². The van der Waals surface area contributed by atoms with Crippen molar-refractivity contribution in [1.29, 1.82) is 0 Å². The Hall–Kier alpha value is -2.08. The Morgan fingerprint density at radius 2 is 2.33 bits per heavy atom. The maximum Gasteiger partial charge on any atom is 0.244 e. The van der Waals surface area contributed by atoms with Crippen LogP contribution in [0.1, 0.15) is 18.6 Å². The molecule has 1 aliphatic rings. The highest BCUT2D eigenvalue weighted by Gasteiger charge is 2.21. The van der Waals surface area contributed by atoms with E-state index < -0.39 is 0 Å². The van der Waals surface area contributed by atoms with Crippen molar-refractivity contribution in [1.82, 2.24) is 10.3 Å². The Bertz CT molecular complexity index is 584. The van der Waals surface area contributed by atoms with Crippen LogP contribution in [0.4, 0.5) is 5.13 Å². The second-order valence-electron chi connectivity index (χ2n) is 4.93. The van der Waals surface area contributed by atoms with E-state index in [1.54, 1.807) is 29.7 Å². The standard InChI is InChI=1S/C15H17N3O2S/c19-14(4-3-13-2-1-10-20-13)17-12-5-8-18(9-6-12)15-16-7-11-21-15/h1-4,7,10-12H,5-6,8-9H2,(H,17,19)/b4-3+. The predicted octanol–water partition coefficient (Wildman–Crippen LogP) is 2.53. The Balaban J connectivity index is 1.46. The number of hydrogen-bond acceptors (Lipinski definition) is 5. The summed E-state index contributed by atoms with van der Waals surface area (Å²) in [5.74, 6) is 0.614. The largest absolute Gasteiger partial charge is 0.465 e. The van der Waals surface area contributed by atoms with E-state index in [9.17, 15) is 4.79 Å². The third kappa shape index (κ3) is 3.72. The molecule has 1 N–H and O–H groups in total. The summed E-state index contributed by atoms with van der Waals surface area (Å²) in [7, 11) is 0. The molecule has 0 saturated carbocycles. The minimum absolute atomic E-state index is 0.0703. The molecule has 1 amide bonds. The molecule has 1 saturated heterocycles. The number of nitrogens with zero attached hydrogens (tertiary/aromatic N) is 2. The number of furan rings is 1. The van der Waals surface area contributed by atoms with E-state index in [0.29, 0.717) is 5.76 Å². The van der Waals surface area contributed by atoms with Gasteiger partial charge in [-0.1, -0.05) is 0 Å². The molecule has 1 aliphatic heterocycles. The lowest BCUT2D eigenvalue weighted by molar-refractivity contribution is -0.117. The third-order valence-corrected chi connectivity index (χ3v) is 4.31. The van der Waals surface area contributed by atoms with Gasteiger partial charge in [0.15, 0.2) is 5.13 Å². The fourth-order valence-corrected chi connectivity index (χ4v) is 3.08. The second kappa shape index (κ2) is 6.58. The van der Waals surface area contributed by atoms with Gasteiger partial charge in [-0.15, -0.1) is 11.3 Å². The van der Waals surface area contributed by atoms with Crippen molar-refractivity contribution >= 4 is 28.5 Å². The minimum Gasteiger partial charge on any atom is -0.465 e. The number of amides is 1. The summed E-state index contributed by atoms with van der Waals surface area (Å²) in [5.41, 5.74) is 0. The number of piperidine rings is 1. The summed E-state index contributed by atoms with van der Waals surface area (Å²) in [6.45, 7) is 1.86. The summed E-state index contributed by atoms with van der Waals surface area (Å²) in [6, 6.07) is 3.84. The molecular weight excluding hydrogens is 286 g/mol. The van der Waals surface area contributed by atoms with E-state index in [1.807, 2.05) is 17.6 Å². The van der Waals surface area contributed by atoms with Crippen molar-refractivity contribution in [2.75, 3.05) is 18.0 Å². The van der Waals surface area contributed by atoms with Crippen LogP contribution in [-0.2, 0) is 4.79 Å². The number of rotatable bonds is 4. The average molecular weight is 303 g/mol. The van der Waals surface area contributed by atoms with Crippen LogP contribution in [0.2, 0.25) is 0 Å². The highest BCUT2D eigenvalue weighted by Crippen LogP contribution is 2.21. The van der Waals surface area contributed by atoms with Crippen LogP contribution < -0.4 is 10.2 Å². The summed E-state index contributed by atoms with van der Waals surface area (Å²) in [6.07, 6.45) is 8.51. The van der Waals surface area contributed by atoms with E-state index >= 15 is 0 Å². The van der Waals surface area contributed by atoms with Crippen molar-refractivity contribution in [2.45, 2.75) is 18.9 Å². The molecular formula is C15H17N3O2S. The summed E-state index contributed by atoms with van der Waals surface area (Å²) in [4.78, 5) is 18.4. The lowest BCUT2D eigenvalue weighted by Crippen LogP contribution is -2.44. The number of hydrogen-bond donors (Lipinski definition) is 1. The quantitative estimate of drug-likeness (QED) is 0.882. The number of thiazole rings is 1. The van der Waals surface area contributed by atoms with Crippen molar-refractivity contribution in [3.05, 3.63) is 41.8 Å². The zero-order valence-electron chi connectivity index (χ0n) is 11.6. The lowest BCUT2D eigenvalue weighted by Gasteiger charge is -2.31. The second-order valence-corrected chi connectivity index (χ2v) is 5.81. The van der Waals surface area contributed by atoms with Crippen LogP contribution in [0.15, 0.2) is 40.5 Å². The number of carbonyl (C=O) groups is 1. The van der Waals surface area contributed by atoms with Gasteiger partial charge in [0.25, 0.3) is 0 Å². The summed E-state index contributed by atoms with van der Waals surface area (Å²) >= 11 is 1.66. The predicted molar refractivity (Wildman–Crippen MR) is 83.2 cm³/mol. The Labute approximate surface area is 127 Å². The number of carbonyl (C=O) groups excluding carboxylic acids is 1. The molecule has 0 radical (unpaired) electrons. The molecule has 0 aromatic carbocycles. The molecule has 0 spiro atoms. The molecule has 0 bridgehead atoms. The fourth-order valence-electron chi connectivity index (χ4n) is 2.38. The van der Waals surface area contributed by atoms with E-state index in [4.69, 9.17) is 4.42 Å². The summed E-state index contributed by atoms with van der Waals surface area (Å²) < 4.78 is 5.15. The molecule has 21 heavy (non-hydrogen) atoms. The van der Waals surface area contributed by atoms with Crippen molar-refractivity contribution in [3.8, 4) is 0 Å². The van der Waals surface area contributed by atoms with Crippen molar-refractivity contribution in [2.24, 2.45) is 0 Å². The zero-order valence-corrected chi connectivity index (χ0v) is 12.4. The molecule has 2 aromatic heterocycles. The molecule has 5 nitrogen and oxygen atoms in total. The van der Waals surface area contributed by atoms with Gasteiger partial charge in [-0.3, -0.25) is 4.79 Å². The van der Waals surface area contributed by atoms with E-state index in [-0.39, 0.29) is 11.9 Å². The zero-order chi connectivity index (χ0) is 14.5. The van der Waals surface area contributed by atoms with Gasteiger partial charge in [0.2, 0.25) is 5.91 Å². The summed E-state index contributed by atoms with van der Waals surface area (Å²) in [5, 5.41) is 6.09. The van der Waals surface area contributed by atoms with E-state index in [2.05, 4.69) is 15.2 Å². The Morgan fingerprint density at radius 3 is 3.00 bits per heavy atom. The fraction of sp³-hybridized carbons (Fsp3) is 0.333. The van der Waals surface area contributed by atoms with Crippen molar-refractivity contribution in [3.63, 3.8) is 0 Å². The highest BCUT2D eigenvalue weighted by atomic mass is 32.1. The molecule has 6 heteroatoms. The SMILES string of the molecule is O=C(/C=C/c1ccco1)NC1CCN(c2nccs2)CC1. The van der Waals surface area contributed by atoms with Crippen molar-refractivity contribution < 1.29 is 9.21 Å². The molecule has 0 aliphatic carbocycles. The molecule has 0 atom stereocenters. The van der Waals surface area contributed by atoms with Crippen LogP contribution in [0.3, 0.4) is 0 Å². The van der Waals surface area contributed by atoms with Gasteiger partial charge in [-0.2, -0.15) is 0 Å². The monoisotopic (exact) mass is 303 g/mol. The number of anilines is 1. The smallest absolute Gasteiger partial charge is 0.244 e. The van der Waals surface area contributed by atoms with E-state index in [1.165, 1.54) is 6.08 Å². The van der Waals surface area contributed by atoms with Gasteiger partial charge < -0.3 is 14.6 Å². The van der Waals surface area contributed by atoms with Gasteiger partial charge in [0.05, 0.1) is 6.26 Å². The molecule has 3 heterocycles. The first-order chi connectivity index (χ1) is 10.3. The van der Waals surface area contributed by atoms with Gasteiger partial charge in [-0.05, 0) is 31.1 Å². The van der Waals surface area contributed by atoms with Gasteiger partial charge >= 0.3 is 0 Å². The lowest BCUT2D eigenvalue weighted by atomic mass is 10.1. The molecule has 0 unspecified atom stereocenters. The van der Waals surface area contributed by atoms with Crippen LogP contribution >= 0.6 is 11.3 Å². The van der Waals surface area contributed by atoms with Gasteiger partial charge in [0, 0.05) is 36.8 Å². The number of nitrogens with one attached hydrogen (secondary N) is 1.